The molecule has 148 valence electrons. The van der Waals surface area contributed by atoms with Crippen molar-refractivity contribution in [2.24, 2.45) is 0 Å². The second-order valence-corrected chi connectivity index (χ2v) is 6.77. The molecular formula is C20H20FN7O. The van der Waals surface area contributed by atoms with Gasteiger partial charge in [-0.3, -0.25) is 4.79 Å². The van der Waals surface area contributed by atoms with E-state index in [-0.39, 0.29) is 11.6 Å². The Morgan fingerprint density at radius 2 is 1.90 bits per heavy atom. The van der Waals surface area contributed by atoms with Crippen LogP contribution in [0.25, 0.3) is 0 Å². The number of nitrogens with one attached hydrogen (secondary N) is 1. The first kappa shape index (κ1) is 18.7. The molecule has 1 aliphatic rings. The molecule has 9 heteroatoms. The molecule has 1 aliphatic heterocycles. The van der Waals surface area contributed by atoms with Crippen LogP contribution in [0.15, 0.2) is 55.1 Å². The highest BCUT2D eigenvalue weighted by molar-refractivity contribution is 6.03. The maximum atomic E-state index is 12.9. The highest BCUT2D eigenvalue weighted by Crippen LogP contribution is 2.20. The predicted molar refractivity (Wildman–Crippen MR) is 107 cm³/mol. The van der Waals surface area contributed by atoms with Crippen molar-refractivity contribution >= 4 is 23.4 Å². The minimum absolute atomic E-state index is 0.205. The van der Waals surface area contributed by atoms with Crippen molar-refractivity contribution in [1.82, 2.24) is 19.9 Å². The summed E-state index contributed by atoms with van der Waals surface area (Å²) >= 11 is 0. The SMILES string of the molecule is C[C@H]1CN(c2ccccn2)CCN1c1ncc(NC(=O)c2ccc(F)nc2)cn1. The molecule has 3 aromatic heterocycles. The Labute approximate surface area is 167 Å². The fourth-order valence-corrected chi connectivity index (χ4v) is 3.25. The summed E-state index contributed by atoms with van der Waals surface area (Å²) in [6, 6.07) is 8.61. The van der Waals surface area contributed by atoms with Gasteiger partial charge in [0.15, 0.2) is 0 Å². The minimum Gasteiger partial charge on any atom is -0.353 e. The van der Waals surface area contributed by atoms with Gasteiger partial charge in [0, 0.05) is 38.1 Å². The van der Waals surface area contributed by atoms with Gasteiger partial charge in [-0.15, -0.1) is 0 Å². The van der Waals surface area contributed by atoms with Gasteiger partial charge >= 0.3 is 0 Å². The van der Waals surface area contributed by atoms with Crippen LogP contribution in [0.4, 0.5) is 21.8 Å². The third-order valence-corrected chi connectivity index (χ3v) is 4.74. The van der Waals surface area contributed by atoms with E-state index in [1.165, 1.54) is 12.3 Å². The Kier molecular flexibility index (Phi) is 5.28. The van der Waals surface area contributed by atoms with Gasteiger partial charge < -0.3 is 15.1 Å². The van der Waals surface area contributed by atoms with Crippen LogP contribution in [0.5, 0.6) is 0 Å². The molecule has 0 radical (unpaired) electrons. The van der Waals surface area contributed by atoms with Crippen molar-refractivity contribution < 1.29 is 9.18 Å². The summed E-state index contributed by atoms with van der Waals surface area (Å²) in [4.78, 5) is 33.3. The summed E-state index contributed by atoms with van der Waals surface area (Å²) in [6.45, 7) is 4.53. The highest BCUT2D eigenvalue weighted by Gasteiger charge is 2.26. The largest absolute Gasteiger partial charge is 0.353 e. The predicted octanol–water partition coefficient (Wildman–Crippen LogP) is 2.37. The van der Waals surface area contributed by atoms with Gasteiger partial charge in [0.25, 0.3) is 5.91 Å². The van der Waals surface area contributed by atoms with E-state index in [1.807, 2.05) is 18.2 Å². The Bertz CT molecular complexity index is 966. The van der Waals surface area contributed by atoms with Gasteiger partial charge in [-0.25, -0.2) is 19.9 Å². The number of nitrogens with zero attached hydrogens (tertiary/aromatic N) is 6. The quantitative estimate of drug-likeness (QED) is 0.681. The first-order valence-corrected chi connectivity index (χ1v) is 9.28. The van der Waals surface area contributed by atoms with Crippen molar-refractivity contribution in [3.63, 3.8) is 0 Å². The molecule has 0 aromatic carbocycles. The second-order valence-electron chi connectivity index (χ2n) is 6.77. The van der Waals surface area contributed by atoms with E-state index in [1.54, 1.807) is 18.6 Å². The van der Waals surface area contributed by atoms with E-state index in [4.69, 9.17) is 0 Å². The zero-order valence-electron chi connectivity index (χ0n) is 15.9. The van der Waals surface area contributed by atoms with Crippen LogP contribution in [0.1, 0.15) is 17.3 Å². The van der Waals surface area contributed by atoms with Gasteiger partial charge in [0.1, 0.15) is 5.82 Å². The van der Waals surface area contributed by atoms with Crippen LogP contribution in [0.3, 0.4) is 0 Å². The van der Waals surface area contributed by atoms with Crippen LogP contribution in [0, 0.1) is 5.95 Å². The number of piperazine rings is 1. The number of aromatic nitrogens is 4. The first-order chi connectivity index (χ1) is 14.1. The molecule has 1 atom stereocenters. The standard InChI is InChI=1S/C20H20FN7O/c1-14-13-27(18-4-2-3-7-22-18)8-9-28(14)20-24-11-16(12-25-20)26-19(29)15-5-6-17(21)23-10-15/h2-7,10-12,14H,8-9,13H2,1H3,(H,26,29)/t14-/m0/s1. The third kappa shape index (κ3) is 4.29. The smallest absolute Gasteiger partial charge is 0.257 e. The van der Waals surface area contributed by atoms with Gasteiger partial charge in [-0.2, -0.15) is 4.39 Å². The third-order valence-electron chi connectivity index (χ3n) is 4.74. The molecule has 1 N–H and O–H groups in total. The summed E-state index contributed by atoms with van der Waals surface area (Å²) in [5, 5.41) is 2.69. The van der Waals surface area contributed by atoms with Crippen LogP contribution in [0.2, 0.25) is 0 Å². The summed E-state index contributed by atoms with van der Waals surface area (Å²) in [5.74, 6) is 0.547. The van der Waals surface area contributed by atoms with E-state index in [0.717, 1.165) is 31.5 Å². The zero-order valence-corrected chi connectivity index (χ0v) is 15.9. The number of amides is 1. The van der Waals surface area contributed by atoms with Crippen LogP contribution in [-0.2, 0) is 0 Å². The van der Waals surface area contributed by atoms with Gasteiger partial charge in [-0.05, 0) is 31.2 Å². The van der Waals surface area contributed by atoms with E-state index >= 15 is 0 Å². The van der Waals surface area contributed by atoms with Gasteiger partial charge in [0.05, 0.1) is 23.6 Å². The number of anilines is 3. The molecule has 0 unspecified atom stereocenters. The number of carbonyl (C=O) groups excluding carboxylic acids is 1. The van der Waals surface area contributed by atoms with Crippen molar-refractivity contribution in [1.29, 1.82) is 0 Å². The molecule has 1 amide bonds. The lowest BCUT2D eigenvalue weighted by Crippen LogP contribution is -2.53. The maximum Gasteiger partial charge on any atom is 0.257 e. The van der Waals surface area contributed by atoms with Crippen molar-refractivity contribution in [3.8, 4) is 0 Å². The molecular weight excluding hydrogens is 373 g/mol. The van der Waals surface area contributed by atoms with Gasteiger partial charge in [-0.1, -0.05) is 6.07 Å². The highest BCUT2D eigenvalue weighted by atomic mass is 19.1. The number of rotatable bonds is 4. The lowest BCUT2D eigenvalue weighted by Gasteiger charge is -2.40. The summed E-state index contributed by atoms with van der Waals surface area (Å²) in [6.07, 6.45) is 6.11. The molecule has 0 bridgehead atoms. The van der Waals surface area contributed by atoms with Crippen LogP contribution < -0.4 is 15.1 Å². The van der Waals surface area contributed by atoms with E-state index in [9.17, 15) is 9.18 Å². The molecule has 29 heavy (non-hydrogen) atoms. The summed E-state index contributed by atoms with van der Waals surface area (Å²) in [7, 11) is 0. The topological polar surface area (TPSA) is 87.1 Å². The fourth-order valence-electron chi connectivity index (χ4n) is 3.25. The average Bonchev–Trinajstić information content (AvgIpc) is 2.75. The molecule has 0 spiro atoms. The number of pyridine rings is 2. The summed E-state index contributed by atoms with van der Waals surface area (Å²) in [5.41, 5.74) is 0.720. The normalized spacial score (nSPS) is 16.6. The number of halogens is 1. The molecule has 0 saturated carbocycles. The Balaban J connectivity index is 1.39. The zero-order chi connectivity index (χ0) is 20.2. The minimum atomic E-state index is -0.633. The van der Waals surface area contributed by atoms with Crippen molar-refractivity contribution in [3.05, 3.63) is 66.6 Å². The van der Waals surface area contributed by atoms with E-state index in [0.29, 0.717) is 11.6 Å². The van der Waals surface area contributed by atoms with Gasteiger partial charge in [0.2, 0.25) is 11.9 Å². The van der Waals surface area contributed by atoms with Crippen LogP contribution in [-0.4, -0.2) is 51.5 Å². The first-order valence-electron chi connectivity index (χ1n) is 9.28. The maximum absolute atomic E-state index is 12.9. The Morgan fingerprint density at radius 1 is 1.07 bits per heavy atom. The molecule has 4 rings (SSSR count). The molecule has 1 fully saturated rings. The average molecular weight is 393 g/mol. The Hall–Kier alpha value is -3.62. The van der Waals surface area contributed by atoms with E-state index in [2.05, 4.69) is 42.0 Å². The number of hydrogen-bond donors (Lipinski definition) is 1. The van der Waals surface area contributed by atoms with Crippen LogP contribution >= 0.6 is 0 Å². The second kappa shape index (κ2) is 8.17. The number of hydrogen-bond acceptors (Lipinski definition) is 7. The lowest BCUT2D eigenvalue weighted by molar-refractivity contribution is 0.102. The lowest BCUT2D eigenvalue weighted by atomic mass is 10.2. The monoisotopic (exact) mass is 393 g/mol. The molecule has 0 aliphatic carbocycles. The summed E-state index contributed by atoms with van der Waals surface area (Å²) < 4.78 is 12.9. The van der Waals surface area contributed by atoms with E-state index < -0.39 is 11.9 Å². The molecule has 8 nitrogen and oxygen atoms in total. The molecule has 4 heterocycles. The molecule has 3 aromatic rings. The van der Waals surface area contributed by atoms with Crippen molar-refractivity contribution in [2.75, 3.05) is 34.8 Å². The Morgan fingerprint density at radius 3 is 2.55 bits per heavy atom. The number of carbonyl (C=O) groups is 1. The fraction of sp³-hybridized carbons (Fsp3) is 0.250. The van der Waals surface area contributed by atoms with Crippen molar-refractivity contribution in [2.45, 2.75) is 13.0 Å². The molecule has 1 saturated heterocycles.